The second-order valence-electron chi connectivity index (χ2n) is 9.01. The number of primary amides is 2. The van der Waals surface area contributed by atoms with Gasteiger partial charge >= 0.3 is 0 Å². The summed E-state index contributed by atoms with van der Waals surface area (Å²) in [6.07, 6.45) is 9.66. The first-order valence-electron chi connectivity index (χ1n) is 12.2. The van der Waals surface area contributed by atoms with Crippen LogP contribution in [0, 0.1) is 0 Å². The summed E-state index contributed by atoms with van der Waals surface area (Å²) < 4.78 is 0. The average molecular weight is 462 g/mol. The van der Waals surface area contributed by atoms with E-state index in [-0.39, 0.29) is 0 Å². The third-order valence-corrected chi connectivity index (χ3v) is 6.46. The first-order chi connectivity index (χ1) is 16.4. The Labute approximate surface area is 202 Å². The fraction of sp³-hybridized carbons (Fsp3) is 0.393. The molecule has 2 amide bonds. The Kier molecular flexibility index (Phi) is 9.16. The summed E-state index contributed by atoms with van der Waals surface area (Å²) in [5, 5.41) is 0. The molecule has 1 aliphatic heterocycles. The molecule has 0 aliphatic carbocycles. The Hall–Kier alpha value is -3.25. The fourth-order valence-electron chi connectivity index (χ4n) is 4.59. The van der Waals surface area contributed by atoms with Gasteiger partial charge in [-0.05, 0) is 60.7 Å². The van der Waals surface area contributed by atoms with Crippen LogP contribution in [0.3, 0.4) is 0 Å². The van der Waals surface area contributed by atoms with Gasteiger partial charge in [0.1, 0.15) is 0 Å². The number of ketones is 1. The van der Waals surface area contributed by atoms with Crippen LogP contribution in [0.4, 0.5) is 0 Å². The van der Waals surface area contributed by atoms with Crippen molar-refractivity contribution in [1.82, 2.24) is 4.90 Å². The van der Waals surface area contributed by atoms with Crippen LogP contribution in [0.15, 0.2) is 42.5 Å². The Balaban J connectivity index is 1.89. The van der Waals surface area contributed by atoms with E-state index in [0.717, 1.165) is 38.0 Å². The quantitative estimate of drug-likeness (QED) is 0.385. The second kappa shape index (κ2) is 12.3. The molecule has 6 heteroatoms. The predicted octanol–water partition coefficient (Wildman–Crippen LogP) is 4.27. The molecular weight excluding hydrogens is 426 g/mol. The van der Waals surface area contributed by atoms with Gasteiger partial charge in [-0.25, -0.2) is 0 Å². The van der Waals surface area contributed by atoms with Crippen molar-refractivity contribution in [2.24, 2.45) is 11.5 Å². The first kappa shape index (κ1) is 25.4. The predicted molar refractivity (Wildman–Crippen MR) is 136 cm³/mol. The van der Waals surface area contributed by atoms with Crippen LogP contribution >= 0.6 is 0 Å². The normalized spacial score (nSPS) is 15.3. The molecule has 0 spiro atoms. The van der Waals surface area contributed by atoms with Gasteiger partial charge in [0.2, 0.25) is 11.7 Å². The number of benzene rings is 2. The largest absolute Gasteiger partial charge is 0.366 e. The van der Waals surface area contributed by atoms with E-state index in [1.807, 2.05) is 31.2 Å². The smallest absolute Gasteiger partial charge is 0.285 e. The maximum absolute atomic E-state index is 12.6. The van der Waals surface area contributed by atoms with Gasteiger partial charge in [0.15, 0.2) is 0 Å². The lowest BCUT2D eigenvalue weighted by molar-refractivity contribution is -0.137. The van der Waals surface area contributed by atoms with Crippen LogP contribution < -0.4 is 11.5 Å². The number of hydrogen-bond donors (Lipinski definition) is 2. The van der Waals surface area contributed by atoms with Crippen molar-refractivity contribution in [2.45, 2.75) is 57.9 Å². The van der Waals surface area contributed by atoms with Crippen molar-refractivity contribution in [1.29, 1.82) is 0 Å². The van der Waals surface area contributed by atoms with Crippen LogP contribution in [-0.4, -0.2) is 35.6 Å². The number of nitrogens with two attached hydrogens (primary N) is 2. The number of carbonyl (C=O) groups is 3. The Morgan fingerprint density at radius 2 is 1.68 bits per heavy atom. The zero-order chi connectivity index (χ0) is 24.5. The van der Waals surface area contributed by atoms with Gasteiger partial charge in [0.25, 0.3) is 5.91 Å². The van der Waals surface area contributed by atoms with Gasteiger partial charge in [0, 0.05) is 12.1 Å². The van der Waals surface area contributed by atoms with Crippen molar-refractivity contribution in [3.8, 4) is 0 Å². The van der Waals surface area contributed by atoms with E-state index in [0.29, 0.717) is 23.1 Å². The molecule has 1 heterocycles. The summed E-state index contributed by atoms with van der Waals surface area (Å²) in [7, 11) is 0. The summed E-state index contributed by atoms with van der Waals surface area (Å²) >= 11 is 0. The number of amides is 2. The lowest BCUT2D eigenvalue weighted by atomic mass is 9.84. The molecule has 1 fully saturated rings. The van der Waals surface area contributed by atoms with Crippen LogP contribution in [0.25, 0.3) is 12.2 Å². The summed E-state index contributed by atoms with van der Waals surface area (Å²) in [6, 6.07) is 13.4. The Morgan fingerprint density at radius 1 is 0.971 bits per heavy atom. The molecule has 1 saturated heterocycles. The third kappa shape index (κ3) is 6.64. The lowest BCUT2D eigenvalue weighted by Crippen LogP contribution is -2.29. The molecule has 4 N–H and O–H groups in total. The molecule has 1 atom stereocenters. The molecule has 0 radical (unpaired) electrons. The Morgan fingerprint density at radius 3 is 2.29 bits per heavy atom. The number of hydrogen-bond acceptors (Lipinski definition) is 4. The molecule has 0 aromatic heterocycles. The molecule has 1 aliphatic rings. The molecule has 34 heavy (non-hydrogen) atoms. The Bertz CT molecular complexity index is 1040. The number of Topliss-reactive ketones (excluding diaryl/α,β-unsaturated/α-hetero) is 1. The monoisotopic (exact) mass is 461 g/mol. The molecule has 0 bridgehead atoms. The van der Waals surface area contributed by atoms with Gasteiger partial charge in [-0.1, -0.05) is 74.7 Å². The van der Waals surface area contributed by atoms with Crippen LogP contribution in [0.1, 0.15) is 84.0 Å². The van der Waals surface area contributed by atoms with E-state index in [9.17, 15) is 14.4 Å². The van der Waals surface area contributed by atoms with Gasteiger partial charge in [-0.2, -0.15) is 0 Å². The minimum Gasteiger partial charge on any atom is -0.366 e. The van der Waals surface area contributed by atoms with Crippen molar-refractivity contribution in [3.63, 3.8) is 0 Å². The van der Waals surface area contributed by atoms with E-state index in [4.69, 9.17) is 11.5 Å². The van der Waals surface area contributed by atoms with E-state index in [2.05, 4.69) is 17.0 Å². The highest BCUT2D eigenvalue weighted by Gasteiger charge is 2.27. The van der Waals surface area contributed by atoms with E-state index >= 15 is 0 Å². The lowest BCUT2D eigenvalue weighted by Gasteiger charge is -2.26. The summed E-state index contributed by atoms with van der Waals surface area (Å²) in [5.41, 5.74) is 14.7. The molecule has 180 valence electrons. The molecular formula is C28H35N3O3. The maximum Gasteiger partial charge on any atom is 0.285 e. The number of nitrogens with zero attached hydrogens (tertiary/aromatic N) is 1. The van der Waals surface area contributed by atoms with Gasteiger partial charge < -0.3 is 11.5 Å². The standard InChI is InChI=1S/C28H35N3O3/c1-2-3-8-24(26(32)28(30)34)22-9-7-10-25(27(29)33)23(22)16-15-20-11-13-21(14-12-20)19-31-17-5-4-6-18-31/h7,9-16,24H,2-6,8,17-19H2,1H3,(H2,29,33)(H2,30,34)/b16-15+. The van der Waals surface area contributed by atoms with Crippen LogP contribution in [-0.2, 0) is 16.1 Å². The van der Waals surface area contributed by atoms with Crippen molar-refractivity contribution < 1.29 is 14.4 Å². The SMILES string of the molecule is CCCCC(C(=O)C(N)=O)c1cccc(C(N)=O)c1/C=C/c1ccc(CN2CCCCC2)cc1. The summed E-state index contributed by atoms with van der Waals surface area (Å²) in [4.78, 5) is 39.0. The molecule has 2 aromatic carbocycles. The highest BCUT2D eigenvalue weighted by Crippen LogP contribution is 2.30. The van der Waals surface area contributed by atoms with Gasteiger partial charge in [0.05, 0.1) is 5.92 Å². The highest BCUT2D eigenvalue weighted by atomic mass is 16.2. The summed E-state index contributed by atoms with van der Waals surface area (Å²) in [5.74, 6) is -2.90. The minimum atomic E-state index is -0.968. The average Bonchev–Trinajstić information content (AvgIpc) is 2.84. The van der Waals surface area contributed by atoms with Gasteiger partial charge in [-0.3, -0.25) is 19.3 Å². The van der Waals surface area contributed by atoms with Crippen LogP contribution in [0.2, 0.25) is 0 Å². The van der Waals surface area contributed by atoms with E-state index in [1.54, 1.807) is 18.2 Å². The molecule has 0 saturated carbocycles. The topological polar surface area (TPSA) is 106 Å². The van der Waals surface area contributed by atoms with Crippen molar-refractivity contribution >= 4 is 29.7 Å². The number of carbonyl (C=O) groups excluding carboxylic acids is 3. The molecule has 3 rings (SSSR count). The second-order valence-corrected chi connectivity index (χ2v) is 9.01. The van der Waals surface area contributed by atoms with Crippen LogP contribution in [0.5, 0.6) is 0 Å². The first-order valence-corrected chi connectivity index (χ1v) is 12.2. The zero-order valence-electron chi connectivity index (χ0n) is 20.0. The number of piperidine rings is 1. The summed E-state index contributed by atoms with van der Waals surface area (Å²) in [6.45, 7) is 5.27. The van der Waals surface area contributed by atoms with Gasteiger partial charge in [-0.15, -0.1) is 0 Å². The molecule has 6 nitrogen and oxygen atoms in total. The number of rotatable bonds is 11. The number of unbranched alkanes of at least 4 members (excludes halogenated alkanes) is 1. The zero-order valence-corrected chi connectivity index (χ0v) is 20.0. The van der Waals surface area contributed by atoms with Crippen molar-refractivity contribution in [2.75, 3.05) is 13.1 Å². The highest BCUT2D eigenvalue weighted by molar-refractivity contribution is 6.37. The molecule has 1 unspecified atom stereocenters. The van der Waals surface area contributed by atoms with E-state index in [1.165, 1.54) is 24.8 Å². The minimum absolute atomic E-state index is 0.314. The molecule has 2 aromatic rings. The maximum atomic E-state index is 12.6. The fourth-order valence-corrected chi connectivity index (χ4v) is 4.59. The number of likely N-dealkylation sites (tertiary alicyclic amines) is 1. The van der Waals surface area contributed by atoms with E-state index < -0.39 is 23.5 Å². The van der Waals surface area contributed by atoms with Crippen molar-refractivity contribution in [3.05, 3.63) is 70.3 Å². The third-order valence-electron chi connectivity index (χ3n) is 6.46.